The molecule has 3 nitrogen and oxygen atoms in total. The van der Waals surface area contributed by atoms with Crippen molar-refractivity contribution in [3.63, 3.8) is 0 Å². The van der Waals surface area contributed by atoms with E-state index in [-0.39, 0.29) is 12.5 Å². The lowest BCUT2D eigenvalue weighted by atomic mass is 10.3. The highest BCUT2D eigenvalue weighted by atomic mass is 32.1. The molecule has 0 unspecified atom stereocenters. The van der Waals surface area contributed by atoms with Crippen LogP contribution in [-0.4, -0.2) is 19.1 Å². The standard InChI is InChI=1S/C12H17NO2S/c1-9-4-5-16-11(9)6-13-12(14)8-15-7-10-2-3-10/h4-5,10H,2-3,6-8H2,1H3,(H,13,14). The Morgan fingerprint density at radius 2 is 2.44 bits per heavy atom. The summed E-state index contributed by atoms with van der Waals surface area (Å²) >= 11 is 1.67. The summed E-state index contributed by atoms with van der Waals surface area (Å²) in [6.07, 6.45) is 2.52. The normalized spacial score (nSPS) is 15.1. The average Bonchev–Trinajstić information content (AvgIpc) is 2.99. The van der Waals surface area contributed by atoms with E-state index >= 15 is 0 Å². The first-order valence-electron chi connectivity index (χ1n) is 5.63. The lowest BCUT2D eigenvalue weighted by Crippen LogP contribution is -2.27. The zero-order valence-electron chi connectivity index (χ0n) is 9.49. The van der Waals surface area contributed by atoms with Crippen LogP contribution < -0.4 is 5.32 Å². The fourth-order valence-electron chi connectivity index (χ4n) is 1.42. The summed E-state index contributed by atoms with van der Waals surface area (Å²) in [5.74, 6) is 0.695. The van der Waals surface area contributed by atoms with Gasteiger partial charge in [0.2, 0.25) is 5.91 Å². The maximum atomic E-state index is 11.4. The molecule has 16 heavy (non-hydrogen) atoms. The molecule has 1 N–H and O–H groups in total. The first-order valence-corrected chi connectivity index (χ1v) is 6.51. The summed E-state index contributed by atoms with van der Waals surface area (Å²) in [5, 5.41) is 4.91. The smallest absolute Gasteiger partial charge is 0.246 e. The number of carbonyl (C=O) groups is 1. The Labute approximate surface area is 99.8 Å². The lowest BCUT2D eigenvalue weighted by molar-refractivity contribution is -0.126. The van der Waals surface area contributed by atoms with Crippen LogP contribution in [0, 0.1) is 12.8 Å². The third-order valence-electron chi connectivity index (χ3n) is 2.70. The van der Waals surface area contributed by atoms with Crippen LogP contribution in [0.25, 0.3) is 0 Å². The molecule has 1 fully saturated rings. The SMILES string of the molecule is Cc1ccsc1CNC(=O)COCC1CC1. The van der Waals surface area contributed by atoms with Crippen LogP contribution in [0.4, 0.5) is 0 Å². The highest BCUT2D eigenvalue weighted by molar-refractivity contribution is 7.10. The molecule has 1 heterocycles. The predicted octanol–water partition coefficient (Wildman–Crippen LogP) is 2.10. The highest BCUT2D eigenvalue weighted by Gasteiger charge is 2.21. The number of amides is 1. The van der Waals surface area contributed by atoms with Crippen molar-refractivity contribution in [2.45, 2.75) is 26.3 Å². The van der Waals surface area contributed by atoms with Crippen molar-refractivity contribution in [2.75, 3.05) is 13.2 Å². The molecule has 1 amide bonds. The van der Waals surface area contributed by atoms with E-state index < -0.39 is 0 Å². The van der Waals surface area contributed by atoms with Crippen molar-refractivity contribution < 1.29 is 9.53 Å². The number of rotatable bonds is 6. The van der Waals surface area contributed by atoms with Crippen molar-refractivity contribution in [2.24, 2.45) is 5.92 Å². The van der Waals surface area contributed by atoms with Gasteiger partial charge >= 0.3 is 0 Å². The van der Waals surface area contributed by atoms with E-state index in [0.29, 0.717) is 12.5 Å². The quantitative estimate of drug-likeness (QED) is 0.825. The van der Waals surface area contributed by atoms with Crippen LogP contribution in [0.2, 0.25) is 0 Å². The van der Waals surface area contributed by atoms with E-state index in [1.807, 2.05) is 5.38 Å². The van der Waals surface area contributed by atoms with Gasteiger partial charge in [0.15, 0.2) is 0 Å². The number of hydrogen-bond donors (Lipinski definition) is 1. The van der Waals surface area contributed by atoms with Crippen molar-refractivity contribution in [3.8, 4) is 0 Å². The van der Waals surface area contributed by atoms with Gasteiger partial charge in [0.25, 0.3) is 0 Å². The van der Waals surface area contributed by atoms with Crippen LogP contribution in [0.5, 0.6) is 0 Å². The second kappa shape index (κ2) is 5.46. The first-order chi connectivity index (χ1) is 7.75. The van der Waals surface area contributed by atoms with E-state index in [2.05, 4.69) is 18.3 Å². The van der Waals surface area contributed by atoms with Gasteiger partial charge in [-0.2, -0.15) is 0 Å². The van der Waals surface area contributed by atoms with Gasteiger partial charge in [-0.15, -0.1) is 11.3 Å². The minimum absolute atomic E-state index is 0.0200. The van der Waals surface area contributed by atoms with Crippen LogP contribution in [0.3, 0.4) is 0 Å². The average molecular weight is 239 g/mol. The van der Waals surface area contributed by atoms with Crippen LogP contribution in [0.15, 0.2) is 11.4 Å². The van der Waals surface area contributed by atoms with Gasteiger partial charge in [-0.3, -0.25) is 4.79 Å². The topological polar surface area (TPSA) is 38.3 Å². The first kappa shape index (κ1) is 11.6. The summed E-state index contributed by atoms with van der Waals surface area (Å²) in [6.45, 7) is 3.61. The molecule has 0 bridgehead atoms. The molecular formula is C12H17NO2S. The van der Waals surface area contributed by atoms with Crippen molar-refractivity contribution in [3.05, 3.63) is 21.9 Å². The zero-order chi connectivity index (χ0) is 11.4. The molecule has 2 rings (SSSR count). The Balaban J connectivity index is 1.61. The van der Waals surface area contributed by atoms with Crippen molar-refractivity contribution in [1.29, 1.82) is 0 Å². The Morgan fingerprint density at radius 3 is 3.06 bits per heavy atom. The molecule has 0 aliphatic heterocycles. The molecule has 1 saturated carbocycles. The number of nitrogens with one attached hydrogen (secondary N) is 1. The summed E-state index contributed by atoms with van der Waals surface area (Å²) < 4.78 is 5.31. The van der Waals surface area contributed by atoms with E-state index in [1.165, 1.54) is 23.3 Å². The zero-order valence-corrected chi connectivity index (χ0v) is 10.3. The van der Waals surface area contributed by atoms with Crippen molar-refractivity contribution >= 4 is 17.2 Å². The van der Waals surface area contributed by atoms with Gasteiger partial charge in [0.1, 0.15) is 6.61 Å². The Morgan fingerprint density at radius 1 is 1.62 bits per heavy atom. The third kappa shape index (κ3) is 3.61. The minimum Gasteiger partial charge on any atom is -0.371 e. The van der Waals surface area contributed by atoms with E-state index in [0.717, 1.165) is 6.61 Å². The van der Waals surface area contributed by atoms with E-state index in [4.69, 9.17) is 4.74 Å². The molecule has 0 radical (unpaired) electrons. The number of ether oxygens (including phenoxy) is 1. The number of carbonyl (C=O) groups excluding carboxylic acids is 1. The maximum absolute atomic E-state index is 11.4. The summed E-state index contributed by atoms with van der Waals surface area (Å²) in [7, 11) is 0. The Kier molecular flexibility index (Phi) is 3.96. The van der Waals surface area contributed by atoms with Gasteiger partial charge in [-0.25, -0.2) is 0 Å². The lowest BCUT2D eigenvalue weighted by Gasteiger charge is -2.05. The Bertz CT molecular complexity index is 358. The number of hydrogen-bond acceptors (Lipinski definition) is 3. The molecule has 1 aliphatic rings. The Hall–Kier alpha value is -0.870. The van der Waals surface area contributed by atoms with Crippen LogP contribution in [0.1, 0.15) is 23.3 Å². The molecule has 4 heteroatoms. The monoisotopic (exact) mass is 239 g/mol. The largest absolute Gasteiger partial charge is 0.371 e. The summed E-state index contributed by atoms with van der Waals surface area (Å²) in [5.41, 5.74) is 1.24. The van der Waals surface area contributed by atoms with Crippen molar-refractivity contribution in [1.82, 2.24) is 5.32 Å². The second-order valence-electron chi connectivity index (χ2n) is 4.26. The van der Waals surface area contributed by atoms with Crippen LogP contribution >= 0.6 is 11.3 Å². The molecule has 0 saturated heterocycles. The third-order valence-corrected chi connectivity index (χ3v) is 3.72. The molecule has 0 aromatic carbocycles. The second-order valence-corrected chi connectivity index (χ2v) is 5.26. The molecule has 1 aliphatic carbocycles. The maximum Gasteiger partial charge on any atom is 0.246 e. The fraction of sp³-hybridized carbons (Fsp3) is 0.583. The molecule has 88 valence electrons. The molecule has 1 aromatic heterocycles. The van der Waals surface area contributed by atoms with Gasteiger partial charge in [0.05, 0.1) is 13.2 Å². The molecular weight excluding hydrogens is 222 g/mol. The van der Waals surface area contributed by atoms with Gasteiger partial charge in [0, 0.05) is 4.88 Å². The number of aryl methyl sites for hydroxylation is 1. The van der Waals surface area contributed by atoms with Gasteiger partial charge in [-0.1, -0.05) is 0 Å². The van der Waals surface area contributed by atoms with Gasteiger partial charge < -0.3 is 10.1 Å². The predicted molar refractivity (Wildman–Crippen MR) is 64.4 cm³/mol. The number of thiophene rings is 1. The summed E-state index contributed by atoms with van der Waals surface area (Å²) in [4.78, 5) is 12.6. The fourth-order valence-corrected chi connectivity index (χ4v) is 2.26. The van der Waals surface area contributed by atoms with E-state index in [9.17, 15) is 4.79 Å². The van der Waals surface area contributed by atoms with E-state index in [1.54, 1.807) is 11.3 Å². The summed E-state index contributed by atoms with van der Waals surface area (Å²) in [6, 6.07) is 2.07. The minimum atomic E-state index is -0.0200. The molecule has 0 spiro atoms. The molecule has 0 atom stereocenters. The molecule has 1 aromatic rings. The van der Waals surface area contributed by atoms with Crippen LogP contribution in [-0.2, 0) is 16.1 Å². The van der Waals surface area contributed by atoms with Gasteiger partial charge in [-0.05, 0) is 42.7 Å². The highest BCUT2D eigenvalue weighted by Crippen LogP contribution is 2.28.